The van der Waals surface area contributed by atoms with Crippen LogP contribution in [-0.2, 0) is 27.9 Å². The number of quaternary nitrogens is 1. The third-order valence-corrected chi connectivity index (χ3v) is 11.3. The number of phosphoric acid groups is 1. The van der Waals surface area contributed by atoms with Crippen molar-refractivity contribution < 1.29 is 37.3 Å². The maximum Gasteiger partial charge on any atom is 0.472 e. The van der Waals surface area contributed by atoms with Crippen LogP contribution >= 0.6 is 7.82 Å². The second-order valence-electron chi connectivity index (χ2n) is 17.2. The fourth-order valence-corrected chi connectivity index (χ4v) is 7.37. The third-order valence-electron chi connectivity index (χ3n) is 10.3. The molecule has 0 rings (SSSR count). The van der Waals surface area contributed by atoms with Crippen molar-refractivity contribution in [2.75, 3.05) is 47.5 Å². The minimum absolute atomic E-state index is 0.0482. The smallest absolute Gasteiger partial charge is 0.472 e. The zero-order chi connectivity index (χ0) is 41.3. The topological polar surface area (TPSA) is 91.3 Å². The number of hydrogen-bond donors (Lipinski definition) is 1. The van der Waals surface area contributed by atoms with Crippen LogP contribution in [0.4, 0.5) is 0 Å². The summed E-state index contributed by atoms with van der Waals surface area (Å²) in [6.45, 7) is 4.95. The molecule has 2 atom stereocenters. The highest BCUT2D eigenvalue weighted by Crippen LogP contribution is 2.43. The highest BCUT2D eigenvalue weighted by molar-refractivity contribution is 7.47. The minimum atomic E-state index is -4.29. The predicted molar refractivity (Wildman–Crippen MR) is 238 cm³/mol. The molecule has 9 heteroatoms. The van der Waals surface area contributed by atoms with Gasteiger partial charge in [0.2, 0.25) is 0 Å². The van der Waals surface area contributed by atoms with E-state index in [0.29, 0.717) is 17.4 Å². The monoisotopic (exact) mass is 815 g/mol. The van der Waals surface area contributed by atoms with Crippen LogP contribution in [0.2, 0.25) is 0 Å². The van der Waals surface area contributed by atoms with Crippen molar-refractivity contribution >= 4 is 13.8 Å². The van der Waals surface area contributed by atoms with Gasteiger partial charge in [0.25, 0.3) is 0 Å². The first-order valence-corrected chi connectivity index (χ1v) is 25.1. The van der Waals surface area contributed by atoms with Crippen LogP contribution in [0.25, 0.3) is 0 Å². The standard InChI is InChI=1S/C47H92NO7P/c1-6-8-10-12-14-16-18-20-22-24-25-27-29-31-33-35-37-39-42-52-44-46(45-54-56(50,51)53-43-41-48(3,4)5)55-47(49)40-38-36-34-32-30-28-26-23-21-19-17-15-13-11-9-7-2/h23,26,39,42,46H,6-22,24-25,27-38,40-41,43-45H2,1-5H3/p+1/b26-23-,42-39-/t46-/m1/s1. The van der Waals surface area contributed by atoms with Gasteiger partial charge in [-0.2, -0.15) is 0 Å². The van der Waals surface area contributed by atoms with Crippen molar-refractivity contribution in [1.29, 1.82) is 0 Å². The molecule has 1 unspecified atom stereocenters. The van der Waals surface area contributed by atoms with E-state index in [2.05, 4.69) is 26.0 Å². The lowest BCUT2D eigenvalue weighted by Gasteiger charge is -2.24. The number of phosphoric ester groups is 1. The van der Waals surface area contributed by atoms with E-state index < -0.39 is 13.9 Å². The third kappa shape index (κ3) is 43.9. The number of unbranched alkanes of at least 4 members (excludes halogenated alkanes) is 28. The van der Waals surface area contributed by atoms with Gasteiger partial charge in [0.15, 0.2) is 6.10 Å². The van der Waals surface area contributed by atoms with Gasteiger partial charge in [-0.3, -0.25) is 13.8 Å². The molecule has 0 radical (unpaired) electrons. The molecule has 0 bridgehead atoms. The quantitative estimate of drug-likeness (QED) is 0.0164. The van der Waals surface area contributed by atoms with Crippen LogP contribution in [0.1, 0.15) is 219 Å². The summed E-state index contributed by atoms with van der Waals surface area (Å²) in [5, 5.41) is 0. The Labute approximate surface area is 347 Å². The second kappa shape index (κ2) is 40.6. The lowest BCUT2D eigenvalue weighted by molar-refractivity contribution is -0.870. The zero-order valence-electron chi connectivity index (χ0n) is 37.6. The molecule has 56 heavy (non-hydrogen) atoms. The molecule has 0 aromatic carbocycles. The Morgan fingerprint density at radius 1 is 0.554 bits per heavy atom. The first kappa shape index (κ1) is 54.8. The molecule has 8 nitrogen and oxygen atoms in total. The lowest BCUT2D eigenvalue weighted by Crippen LogP contribution is -2.37. The number of hydrogen-bond acceptors (Lipinski definition) is 6. The molecule has 0 aliphatic carbocycles. The number of carbonyl (C=O) groups is 1. The molecule has 0 aromatic heterocycles. The Hall–Kier alpha value is -1.18. The van der Waals surface area contributed by atoms with Gasteiger partial charge in [-0.25, -0.2) is 4.57 Å². The molecular weight excluding hydrogens is 721 g/mol. The summed E-state index contributed by atoms with van der Waals surface area (Å²) in [4.78, 5) is 22.9. The van der Waals surface area contributed by atoms with E-state index in [4.69, 9.17) is 18.5 Å². The number of esters is 1. The van der Waals surface area contributed by atoms with Crippen molar-refractivity contribution in [2.24, 2.45) is 0 Å². The normalized spacial score (nSPS) is 13.8. The molecule has 0 aliphatic heterocycles. The van der Waals surface area contributed by atoms with Crippen LogP contribution in [0.3, 0.4) is 0 Å². The van der Waals surface area contributed by atoms with Gasteiger partial charge < -0.3 is 18.9 Å². The zero-order valence-corrected chi connectivity index (χ0v) is 38.5. The highest BCUT2D eigenvalue weighted by Gasteiger charge is 2.26. The second-order valence-corrected chi connectivity index (χ2v) is 18.7. The molecule has 0 amide bonds. The fraction of sp³-hybridized carbons (Fsp3) is 0.894. The van der Waals surface area contributed by atoms with E-state index >= 15 is 0 Å². The molecule has 0 spiro atoms. The predicted octanol–water partition coefficient (Wildman–Crippen LogP) is 14.3. The molecule has 0 aliphatic rings. The molecule has 332 valence electrons. The molecule has 0 fully saturated rings. The van der Waals surface area contributed by atoms with Crippen molar-refractivity contribution in [3.8, 4) is 0 Å². The molecule has 0 aromatic rings. The molecule has 1 N–H and O–H groups in total. The number of carbonyl (C=O) groups excluding carboxylic acids is 1. The van der Waals surface area contributed by atoms with Crippen LogP contribution in [0.15, 0.2) is 24.5 Å². The summed E-state index contributed by atoms with van der Waals surface area (Å²) in [5.41, 5.74) is 0. The van der Waals surface area contributed by atoms with E-state index in [0.717, 1.165) is 44.9 Å². The van der Waals surface area contributed by atoms with Crippen molar-refractivity contribution in [1.82, 2.24) is 0 Å². The summed E-state index contributed by atoms with van der Waals surface area (Å²) in [5.74, 6) is -0.341. The molecule has 0 saturated heterocycles. The summed E-state index contributed by atoms with van der Waals surface area (Å²) in [7, 11) is 1.64. The maximum absolute atomic E-state index is 12.7. The molecular formula is C47H93NO7P+. The molecule has 0 saturated carbocycles. The molecule has 0 heterocycles. The Bertz CT molecular complexity index is 951. The first-order valence-electron chi connectivity index (χ1n) is 23.6. The Morgan fingerprint density at radius 3 is 1.38 bits per heavy atom. The van der Waals surface area contributed by atoms with Gasteiger partial charge in [-0.15, -0.1) is 0 Å². The number of ether oxygens (including phenoxy) is 2. The number of likely N-dealkylation sites (N-methyl/N-ethyl adjacent to an activating group) is 1. The van der Waals surface area contributed by atoms with E-state index in [1.807, 2.05) is 27.2 Å². The van der Waals surface area contributed by atoms with Crippen LogP contribution < -0.4 is 0 Å². The van der Waals surface area contributed by atoms with Gasteiger partial charge in [0.05, 0.1) is 34.0 Å². The van der Waals surface area contributed by atoms with Crippen LogP contribution in [0, 0.1) is 0 Å². The maximum atomic E-state index is 12.7. The van der Waals surface area contributed by atoms with Crippen LogP contribution in [0.5, 0.6) is 0 Å². The van der Waals surface area contributed by atoms with E-state index in [1.54, 1.807) is 6.26 Å². The average molecular weight is 815 g/mol. The fourth-order valence-electron chi connectivity index (χ4n) is 6.63. The van der Waals surface area contributed by atoms with Gasteiger partial charge in [0.1, 0.15) is 19.8 Å². The summed E-state index contributed by atoms with van der Waals surface area (Å²) in [6, 6.07) is 0. The van der Waals surface area contributed by atoms with Crippen molar-refractivity contribution in [3.05, 3.63) is 24.5 Å². The lowest BCUT2D eigenvalue weighted by atomic mass is 10.0. The van der Waals surface area contributed by atoms with Gasteiger partial charge in [-0.05, 0) is 51.0 Å². The van der Waals surface area contributed by atoms with Gasteiger partial charge >= 0.3 is 13.8 Å². The highest BCUT2D eigenvalue weighted by atomic mass is 31.2. The van der Waals surface area contributed by atoms with Gasteiger partial charge in [0, 0.05) is 6.42 Å². The summed E-state index contributed by atoms with van der Waals surface area (Å²) >= 11 is 0. The van der Waals surface area contributed by atoms with Crippen molar-refractivity contribution in [3.63, 3.8) is 0 Å². The number of rotatable bonds is 44. The summed E-state index contributed by atoms with van der Waals surface area (Å²) in [6.07, 6.45) is 47.4. The Morgan fingerprint density at radius 2 is 0.946 bits per heavy atom. The number of nitrogens with zero attached hydrogens (tertiary/aromatic N) is 1. The Kier molecular flexibility index (Phi) is 39.7. The minimum Gasteiger partial charge on any atom is -0.498 e. The Balaban J connectivity index is 4.23. The number of allylic oxidation sites excluding steroid dienone is 3. The SMILES string of the molecule is CCCCCCCCC/C=C\CCCCCCCC(=O)O[C@H](CO/C=C\CCCCCCCCCCCCCCCCCC)COP(=O)(O)OCC[N+](C)(C)C. The van der Waals surface area contributed by atoms with E-state index in [9.17, 15) is 14.3 Å². The summed E-state index contributed by atoms with van der Waals surface area (Å²) < 4.78 is 34.8. The van der Waals surface area contributed by atoms with Crippen molar-refractivity contribution in [2.45, 2.75) is 225 Å². The van der Waals surface area contributed by atoms with E-state index in [-0.39, 0.29) is 25.8 Å². The first-order chi connectivity index (χ1) is 27.1. The average Bonchev–Trinajstić information content (AvgIpc) is 3.15. The largest absolute Gasteiger partial charge is 0.498 e. The van der Waals surface area contributed by atoms with Crippen LogP contribution in [-0.4, -0.2) is 69.0 Å². The van der Waals surface area contributed by atoms with E-state index in [1.165, 1.54) is 154 Å². The van der Waals surface area contributed by atoms with Gasteiger partial charge in [-0.1, -0.05) is 180 Å².